The molecule has 31 heavy (non-hydrogen) atoms. The molecule has 0 amide bonds. The lowest BCUT2D eigenvalue weighted by atomic mass is 9.66. The number of benzene rings is 3. The highest BCUT2D eigenvalue weighted by atomic mass is 16.1. The Hall–Kier alpha value is -3.59. The first-order chi connectivity index (χ1) is 15.2. The van der Waals surface area contributed by atoms with Crippen molar-refractivity contribution in [3.8, 4) is 0 Å². The average Bonchev–Trinajstić information content (AvgIpc) is 3.11. The van der Waals surface area contributed by atoms with Gasteiger partial charge in [-0.05, 0) is 23.5 Å². The highest BCUT2D eigenvalue weighted by Crippen LogP contribution is 2.51. The Labute approximate surface area is 181 Å². The molecule has 1 heterocycles. The molecule has 0 aromatic heterocycles. The zero-order valence-electron chi connectivity index (χ0n) is 17.0. The molecule has 6 rings (SSSR count). The summed E-state index contributed by atoms with van der Waals surface area (Å²) in [5.41, 5.74) is 6.15. The Morgan fingerprint density at radius 3 is 1.97 bits per heavy atom. The summed E-state index contributed by atoms with van der Waals surface area (Å²) in [7, 11) is 0. The molecule has 3 heteroatoms. The van der Waals surface area contributed by atoms with Gasteiger partial charge in [0.05, 0.1) is 11.6 Å². The SMILES string of the molecule is O=C1C2=C(N=C3C[C@@H](c4ccccc4)CC(=O)C3[C@H]2c2ccccc2)c2ccccc21. The predicted molar refractivity (Wildman–Crippen MR) is 121 cm³/mol. The van der Waals surface area contributed by atoms with E-state index in [1.54, 1.807) is 0 Å². The summed E-state index contributed by atoms with van der Waals surface area (Å²) in [5, 5.41) is 0. The molecular formula is C28H21NO2. The molecule has 3 aliphatic rings. The van der Waals surface area contributed by atoms with Crippen molar-refractivity contribution in [2.24, 2.45) is 10.9 Å². The van der Waals surface area contributed by atoms with E-state index in [0.717, 1.165) is 29.0 Å². The molecule has 0 N–H and O–H groups in total. The Morgan fingerprint density at radius 1 is 0.645 bits per heavy atom. The summed E-state index contributed by atoms with van der Waals surface area (Å²) in [4.78, 5) is 32.0. The molecule has 1 aliphatic heterocycles. The number of carbonyl (C=O) groups is 2. The first kappa shape index (κ1) is 18.2. The van der Waals surface area contributed by atoms with Gasteiger partial charge in [0.1, 0.15) is 5.78 Å². The van der Waals surface area contributed by atoms with Crippen LogP contribution < -0.4 is 0 Å². The van der Waals surface area contributed by atoms with Crippen LogP contribution >= 0.6 is 0 Å². The van der Waals surface area contributed by atoms with Crippen LogP contribution in [0, 0.1) is 5.92 Å². The van der Waals surface area contributed by atoms with Gasteiger partial charge in [-0.2, -0.15) is 0 Å². The smallest absolute Gasteiger partial charge is 0.192 e. The standard InChI is InChI=1S/C28H21NO2/c30-23-16-19(17-9-3-1-4-10-17)15-22-25(23)24(18-11-5-2-6-12-18)26-27(29-22)20-13-7-8-14-21(20)28(26)31/h1-14,19,24-25H,15-16H2/t19-,24-,25?/m1/s1. The maximum atomic E-state index is 13.5. The highest BCUT2D eigenvalue weighted by molar-refractivity contribution is 6.25. The summed E-state index contributed by atoms with van der Waals surface area (Å²) in [6, 6.07) is 27.9. The largest absolute Gasteiger partial charge is 0.299 e. The van der Waals surface area contributed by atoms with Gasteiger partial charge in [0, 0.05) is 34.8 Å². The monoisotopic (exact) mass is 403 g/mol. The normalized spacial score (nSPS) is 24.4. The van der Waals surface area contributed by atoms with E-state index in [-0.39, 0.29) is 29.3 Å². The lowest BCUT2D eigenvalue weighted by Gasteiger charge is -2.37. The summed E-state index contributed by atoms with van der Waals surface area (Å²) in [6.45, 7) is 0. The van der Waals surface area contributed by atoms with Gasteiger partial charge in [0.2, 0.25) is 0 Å². The number of rotatable bonds is 2. The van der Waals surface area contributed by atoms with Crippen LogP contribution in [0.4, 0.5) is 0 Å². The Balaban J connectivity index is 1.53. The lowest BCUT2D eigenvalue weighted by Crippen LogP contribution is -2.40. The van der Waals surface area contributed by atoms with Crippen LogP contribution in [-0.2, 0) is 4.79 Å². The minimum Gasteiger partial charge on any atom is -0.299 e. The quantitative estimate of drug-likeness (QED) is 0.559. The number of nitrogens with zero attached hydrogens (tertiary/aromatic N) is 1. The third-order valence-electron chi connectivity index (χ3n) is 6.86. The third-order valence-corrected chi connectivity index (χ3v) is 6.86. The fourth-order valence-electron chi connectivity index (χ4n) is 5.49. The van der Waals surface area contributed by atoms with Gasteiger partial charge >= 0.3 is 0 Å². The molecule has 3 aromatic carbocycles. The van der Waals surface area contributed by atoms with Crippen molar-refractivity contribution < 1.29 is 9.59 Å². The van der Waals surface area contributed by atoms with Crippen molar-refractivity contribution in [1.29, 1.82) is 0 Å². The van der Waals surface area contributed by atoms with Gasteiger partial charge in [-0.25, -0.2) is 0 Å². The van der Waals surface area contributed by atoms with Gasteiger partial charge in [-0.15, -0.1) is 0 Å². The maximum absolute atomic E-state index is 13.5. The maximum Gasteiger partial charge on any atom is 0.192 e. The van der Waals surface area contributed by atoms with Crippen molar-refractivity contribution in [2.75, 3.05) is 0 Å². The van der Waals surface area contributed by atoms with E-state index < -0.39 is 0 Å². The second kappa shape index (κ2) is 6.98. The minimum atomic E-state index is -0.362. The van der Waals surface area contributed by atoms with Crippen LogP contribution in [0.1, 0.15) is 51.7 Å². The predicted octanol–water partition coefficient (Wildman–Crippen LogP) is 5.60. The number of carbonyl (C=O) groups excluding carboxylic acids is 2. The van der Waals surface area contributed by atoms with E-state index in [2.05, 4.69) is 12.1 Å². The molecule has 1 saturated carbocycles. The van der Waals surface area contributed by atoms with Gasteiger partial charge in [0.15, 0.2) is 5.78 Å². The topological polar surface area (TPSA) is 46.5 Å². The van der Waals surface area contributed by atoms with Crippen molar-refractivity contribution in [3.63, 3.8) is 0 Å². The van der Waals surface area contributed by atoms with Crippen molar-refractivity contribution >= 4 is 23.0 Å². The second-order valence-electron chi connectivity index (χ2n) is 8.59. The number of aliphatic imine (C=N–C) groups is 1. The molecule has 3 nitrogen and oxygen atoms in total. The van der Waals surface area contributed by atoms with Gasteiger partial charge in [-0.1, -0.05) is 84.9 Å². The van der Waals surface area contributed by atoms with Crippen molar-refractivity contribution in [3.05, 3.63) is 113 Å². The summed E-state index contributed by atoms with van der Waals surface area (Å²) in [6.07, 6.45) is 1.23. The minimum absolute atomic E-state index is 0.0141. The van der Waals surface area contributed by atoms with E-state index in [9.17, 15) is 9.59 Å². The zero-order valence-corrected chi connectivity index (χ0v) is 17.0. The highest BCUT2D eigenvalue weighted by Gasteiger charge is 2.48. The molecule has 1 fully saturated rings. The van der Waals surface area contributed by atoms with E-state index >= 15 is 0 Å². The number of hydrogen-bond donors (Lipinski definition) is 0. The van der Waals surface area contributed by atoms with Gasteiger partial charge in [0.25, 0.3) is 0 Å². The van der Waals surface area contributed by atoms with E-state index in [1.807, 2.05) is 72.8 Å². The molecule has 0 spiro atoms. The van der Waals surface area contributed by atoms with Crippen LogP contribution in [0.5, 0.6) is 0 Å². The molecule has 0 radical (unpaired) electrons. The molecule has 1 unspecified atom stereocenters. The summed E-state index contributed by atoms with van der Waals surface area (Å²) < 4.78 is 0. The number of ketones is 2. The fraction of sp³-hybridized carbons (Fsp3) is 0.179. The molecule has 3 aromatic rings. The number of allylic oxidation sites excluding steroid dienone is 1. The first-order valence-electron chi connectivity index (χ1n) is 10.8. The molecular weight excluding hydrogens is 382 g/mol. The Bertz CT molecular complexity index is 1270. The fourth-order valence-corrected chi connectivity index (χ4v) is 5.49. The van der Waals surface area contributed by atoms with Gasteiger partial charge < -0.3 is 0 Å². The Kier molecular flexibility index (Phi) is 4.10. The zero-order chi connectivity index (χ0) is 20.9. The van der Waals surface area contributed by atoms with Crippen LogP contribution in [-0.4, -0.2) is 17.3 Å². The summed E-state index contributed by atoms with van der Waals surface area (Å²) in [5.74, 6) is -0.301. The van der Waals surface area contributed by atoms with E-state index in [0.29, 0.717) is 17.6 Å². The van der Waals surface area contributed by atoms with Crippen LogP contribution in [0.15, 0.2) is 95.5 Å². The molecule has 150 valence electrons. The molecule has 3 atom stereocenters. The van der Waals surface area contributed by atoms with Crippen molar-refractivity contribution in [2.45, 2.75) is 24.7 Å². The van der Waals surface area contributed by atoms with Crippen LogP contribution in [0.3, 0.4) is 0 Å². The average molecular weight is 403 g/mol. The summed E-state index contributed by atoms with van der Waals surface area (Å²) >= 11 is 0. The van der Waals surface area contributed by atoms with Crippen LogP contribution in [0.2, 0.25) is 0 Å². The van der Waals surface area contributed by atoms with E-state index in [1.165, 1.54) is 5.56 Å². The van der Waals surface area contributed by atoms with E-state index in [4.69, 9.17) is 4.99 Å². The number of hydrogen-bond acceptors (Lipinski definition) is 3. The second-order valence-corrected chi connectivity index (χ2v) is 8.59. The lowest BCUT2D eigenvalue weighted by molar-refractivity contribution is -0.122. The third kappa shape index (κ3) is 2.77. The molecule has 0 saturated heterocycles. The first-order valence-corrected chi connectivity index (χ1v) is 10.8. The van der Waals surface area contributed by atoms with Crippen molar-refractivity contribution in [1.82, 2.24) is 0 Å². The molecule has 0 bridgehead atoms. The molecule has 2 aliphatic carbocycles. The number of Topliss-reactive ketones (excluding diaryl/α,β-unsaturated/α-hetero) is 2. The number of fused-ring (bicyclic) bond motifs is 3. The van der Waals surface area contributed by atoms with Gasteiger partial charge in [-0.3, -0.25) is 14.6 Å². The Morgan fingerprint density at radius 2 is 1.26 bits per heavy atom. The van der Waals surface area contributed by atoms with Crippen LogP contribution in [0.25, 0.3) is 5.70 Å².